The summed E-state index contributed by atoms with van der Waals surface area (Å²) >= 11 is 3.86. The summed E-state index contributed by atoms with van der Waals surface area (Å²) in [7, 11) is 0. The summed E-state index contributed by atoms with van der Waals surface area (Å²) < 4.78 is 5.46. The Bertz CT molecular complexity index is 569. The van der Waals surface area contributed by atoms with Gasteiger partial charge in [-0.15, -0.1) is 11.8 Å². The molecule has 0 saturated carbocycles. The molecule has 2 aromatic rings. The molecule has 0 bridgehead atoms. The van der Waals surface area contributed by atoms with Crippen molar-refractivity contribution < 1.29 is 4.52 Å². The maximum Gasteiger partial charge on any atom is 0.231 e. The van der Waals surface area contributed by atoms with Gasteiger partial charge in [0.2, 0.25) is 5.89 Å². The summed E-state index contributed by atoms with van der Waals surface area (Å²) in [6.07, 6.45) is 0. The van der Waals surface area contributed by atoms with Crippen molar-refractivity contribution in [2.75, 3.05) is 17.3 Å². The number of benzene rings is 1. The van der Waals surface area contributed by atoms with Crippen molar-refractivity contribution in [3.8, 4) is 0 Å². The van der Waals surface area contributed by atoms with Crippen LogP contribution in [0.3, 0.4) is 0 Å². The van der Waals surface area contributed by atoms with Gasteiger partial charge in [-0.2, -0.15) is 16.7 Å². The monoisotopic (exact) mass is 321 g/mol. The first-order valence-corrected chi connectivity index (χ1v) is 9.29. The van der Waals surface area contributed by atoms with E-state index in [0.717, 1.165) is 22.9 Å². The van der Waals surface area contributed by atoms with E-state index in [1.54, 1.807) is 0 Å². The number of hydrogen-bond donors (Lipinski definition) is 1. The summed E-state index contributed by atoms with van der Waals surface area (Å²) in [5.74, 6) is 4.88. The Kier molecular flexibility index (Phi) is 4.87. The van der Waals surface area contributed by atoms with E-state index in [4.69, 9.17) is 10.3 Å². The Morgan fingerprint density at radius 2 is 2.10 bits per heavy atom. The van der Waals surface area contributed by atoms with E-state index in [0.29, 0.717) is 11.1 Å². The second kappa shape index (κ2) is 6.85. The number of nitrogens with two attached hydrogens (primary N) is 1. The van der Waals surface area contributed by atoms with Crippen molar-refractivity contribution in [1.82, 2.24) is 10.1 Å². The highest BCUT2D eigenvalue weighted by Crippen LogP contribution is 2.36. The quantitative estimate of drug-likeness (QED) is 0.931. The molecular formula is C15H19N3OS2. The lowest BCUT2D eigenvalue weighted by atomic mass is 9.95. The molecule has 1 fully saturated rings. The molecule has 2 N–H and O–H groups in total. The minimum absolute atomic E-state index is 0.00916. The Morgan fingerprint density at radius 3 is 2.81 bits per heavy atom. The lowest BCUT2D eigenvalue weighted by Crippen LogP contribution is -2.18. The molecular weight excluding hydrogens is 302 g/mol. The molecule has 1 aliphatic heterocycles. The lowest BCUT2D eigenvalue weighted by Gasteiger charge is -2.18. The predicted octanol–water partition coefficient (Wildman–Crippen LogP) is 3.39. The Morgan fingerprint density at radius 1 is 1.29 bits per heavy atom. The van der Waals surface area contributed by atoms with Gasteiger partial charge in [0.25, 0.3) is 0 Å². The van der Waals surface area contributed by atoms with Gasteiger partial charge in [-0.25, -0.2) is 0 Å². The standard InChI is InChI=1S/C15H19N3OS2/c1-10(13(16)11-5-3-2-4-6-11)15-17-14(18-19-15)12-9-20-7-8-21-12/h2-6,10,12-13H,7-9,16H2,1H3. The Hall–Kier alpha value is -0.980. The van der Waals surface area contributed by atoms with Gasteiger partial charge in [-0.1, -0.05) is 42.4 Å². The normalized spacial score (nSPS) is 21.9. The van der Waals surface area contributed by atoms with Crippen LogP contribution in [0.5, 0.6) is 0 Å². The molecule has 1 aromatic heterocycles. The molecule has 0 amide bonds. The average molecular weight is 321 g/mol. The molecule has 4 nitrogen and oxygen atoms in total. The van der Waals surface area contributed by atoms with Gasteiger partial charge in [0, 0.05) is 23.3 Å². The van der Waals surface area contributed by atoms with Gasteiger partial charge >= 0.3 is 0 Å². The minimum Gasteiger partial charge on any atom is -0.339 e. The first kappa shape index (κ1) is 14.9. The third-order valence-corrected chi connectivity index (χ3v) is 6.42. The SMILES string of the molecule is CC(c1nc(C2CSCCS2)no1)C(N)c1ccccc1. The molecule has 0 spiro atoms. The van der Waals surface area contributed by atoms with E-state index < -0.39 is 0 Å². The van der Waals surface area contributed by atoms with Gasteiger partial charge in [-0.3, -0.25) is 0 Å². The lowest BCUT2D eigenvalue weighted by molar-refractivity contribution is 0.340. The maximum absolute atomic E-state index is 6.32. The summed E-state index contributed by atoms with van der Waals surface area (Å²) in [5, 5.41) is 4.51. The van der Waals surface area contributed by atoms with Crippen LogP contribution in [0.1, 0.15) is 41.4 Å². The van der Waals surface area contributed by atoms with Crippen molar-refractivity contribution in [3.05, 3.63) is 47.6 Å². The molecule has 1 aromatic carbocycles. The van der Waals surface area contributed by atoms with E-state index in [-0.39, 0.29) is 12.0 Å². The molecule has 6 heteroatoms. The molecule has 2 heterocycles. The highest BCUT2D eigenvalue weighted by Gasteiger charge is 2.26. The average Bonchev–Trinajstić information content (AvgIpc) is 3.05. The highest BCUT2D eigenvalue weighted by molar-refractivity contribution is 8.06. The maximum atomic E-state index is 6.32. The smallest absolute Gasteiger partial charge is 0.231 e. The van der Waals surface area contributed by atoms with E-state index in [1.807, 2.05) is 60.8 Å². The zero-order chi connectivity index (χ0) is 14.7. The zero-order valence-electron chi connectivity index (χ0n) is 11.9. The summed E-state index contributed by atoms with van der Waals surface area (Å²) in [6.45, 7) is 2.04. The molecule has 21 heavy (non-hydrogen) atoms. The van der Waals surface area contributed by atoms with Gasteiger partial charge in [0.1, 0.15) is 0 Å². The van der Waals surface area contributed by atoms with Crippen LogP contribution < -0.4 is 5.73 Å². The first-order valence-electron chi connectivity index (χ1n) is 7.09. The van der Waals surface area contributed by atoms with Crippen molar-refractivity contribution in [2.45, 2.75) is 24.1 Å². The molecule has 1 aliphatic rings. The topological polar surface area (TPSA) is 64.9 Å². The molecule has 1 saturated heterocycles. The molecule has 0 aliphatic carbocycles. The van der Waals surface area contributed by atoms with E-state index >= 15 is 0 Å². The third-order valence-electron chi connectivity index (χ3n) is 3.67. The van der Waals surface area contributed by atoms with Crippen LogP contribution in [0.25, 0.3) is 0 Å². The van der Waals surface area contributed by atoms with Crippen molar-refractivity contribution in [3.63, 3.8) is 0 Å². The van der Waals surface area contributed by atoms with Crippen LogP contribution in [-0.4, -0.2) is 27.4 Å². The van der Waals surface area contributed by atoms with Gasteiger partial charge in [0.05, 0.1) is 11.2 Å². The largest absolute Gasteiger partial charge is 0.339 e. The van der Waals surface area contributed by atoms with Crippen LogP contribution in [0, 0.1) is 0 Å². The number of nitrogens with zero attached hydrogens (tertiary/aromatic N) is 2. The van der Waals surface area contributed by atoms with Crippen LogP contribution in [0.15, 0.2) is 34.9 Å². The van der Waals surface area contributed by atoms with Crippen LogP contribution >= 0.6 is 23.5 Å². The molecule has 3 unspecified atom stereocenters. The fraction of sp³-hybridized carbons (Fsp3) is 0.467. The zero-order valence-corrected chi connectivity index (χ0v) is 13.6. The van der Waals surface area contributed by atoms with Gasteiger partial charge in [-0.05, 0) is 5.56 Å². The predicted molar refractivity (Wildman–Crippen MR) is 88.6 cm³/mol. The highest BCUT2D eigenvalue weighted by atomic mass is 32.2. The number of hydrogen-bond acceptors (Lipinski definition) is 6. The van der Waals surface area contributed by atoms with Crippen molar-refractivity contribution >= 4 is 23.5 Å². The molecule has 3 rings (SSSR count). The second-order valence-corrected chi connectivity index (χ2v) is 7.61. The Labute approximate surface area is 133 Å². The fourth-order valence-corrected chi connectivity index (χ4v) is 4.91. The number of thioether (sulfide) groups is 2. The van der Waals surface area contributed by atoms with Gasteiger partial charge < -0.3 is 10.3 Å². The van der Waals surface area contributed by atoms with E-state index in [9.17, 15) is 0 Å². The summed E-state index contributed by atoms with van der Waals surface area (Å²) in [6, 6.07) is 9.92. The fourth-order valence-electron chi connectivity index (χ4n) is 2.32. The van der Waals surface area contributed by atoms with E-state index in [2.05, 4.69) is 10.1 Å². The summed E-state index contributed by atoms with van der Waals surface area (Å²) in [5.41, 5.74) is 7.41. The summed E-state index contributed by atoms with van der Waals surface area (Å²) in [4.78, 5) is 4.59. The van der Waals surface area contributed by atoms with Crippen molar-refractivity contribution in [1.29, 1.82) is 0 Å². The molecule has 112 valence electrons. The van der Waals surface area contributed by atoms with Crippen LogP contribution in [0.4, 0.5) is 0 Å². The third kappa shape index (κ3) is 3.44. The van der Waals surface area contributed by atoms with E-state index in [1.165, 1.54) is 5.75 Å². The van der Waals surface area contributed by atoms with Crippen LogP contribution in [-0.2, 0) is 0 Å². The minimum atomic E-state index is -0.132. The van der Waals surface area contributed by atoms with Crippen LogP contribution in [0.2, 0.25) is 0 Å². The van der Waals surface area contributed by atoms with Gasteiger partial charge in [0.15, 0.2) is 5.82 Å². The Balaban J connectivity index is 1.73. The molecule has 3 atom stereocenters. The molecule has 0 radical (unpaired) electrons. The van der Waals surface area contributed by atoms with Crippen molar-refractivity contribution in [2.24, 2.45) is 5.73 Å². The second-order valence-electron chi connectivity index (χ2n) is 5.15. The number of aromatic nitrogens is 2. The first-order chi connectivity index (χ1) is 10.3. The number of rotatable bonds is 4.